The molecule has 0 saturated carbocycles. The van der Waals surface area contributed by atoms with E-state index in [1.165, 1.54) is 6.33 Å². The zero-order chi connectivity index (χ0) is 14.5. The third-order valence-electron chi connectivity index (χ3n) is 2.73. The molecule has 104 valence electrons. The van der Waals surface area contributed by atoms with Crippen molar-refractivity contribution in [3.63, 3.8) is 0 Å². The zero-order valence-electron chi connectivity index (χ0n) is 11.0. The van der Waals surface area contributed by atoms with E-state index in [2.05, 4.69) is 15.4 Å². The summed E-state index contributed by atoms with van der Waals surface area (Å²) in [6.07, 6.45) is 2.49. The summed E-state index contributed by atoms with van der Waals surface area (Å²) < 4.78 is 6.77. The number of hydrogen-bond donors (Lipinski definition) is 1. The predicted molar refractivity (Wildman–Crippen MR) is 77.4 cm³/mol. The fourth-order valence-corrected chi connectivity index (χ4v) is 1.81. The van der Waals surface area contributed by atoms with Gasteiger partial charge < -0.3 is 4.74 Å². The van der Waals surface area contributed by atoms with Crippen LogP contribution in [0.3, 0.4) is 0 Å². The Morgan fingerprint density at radius 1 is 1.10 bits per heavy atom. The Bertz CT molecular complexity index is 726. The lowest BCUT2D eigenvalue weighted by Crippen LogP contribution is -2.16. The van der Waals surface area contributed by atoms with Crippen LogP contribution in [0.25, 0.3) is 5.69 Å². The molecule has 1 aromatic heterocycles. The van der Waals surface area contributed by atoms with E-state index in [0.29, 0.717) is 11.4 Å². The maximum Gasteiger partial charge on any atom is 0.417 e. The highest BCUT2D eigenvalue weighted by atomic mass is 16.6. The molecule has 0 bridgehead atoms. The summed E-state index contributed by atoms with van der Waals surface area (Å²) in [5, 5.41) is 6.71. The van der Waals surface area contributed by atoms with Crippen molar-refractivity contribution in [2.75, 3.05) is 5.32 Å². The average Bonchev–Trinajstić information content (AvgIpc) is 3.02. The van der Waals surface area contributed by atoms with Crippen LogP contribution < -0.4 is 10.1 Å². The van der Waals surface area contributed by atoms with Crippen LogP contribution in [-0.4, -0.2) is 20.9 Å². The molecule has 0 aliphatic heterocycles. The smallest absolute Gasteiger partial charge is 0.410 e. The molecule has 3 rings (SSSR count). The molecular formula is C15H12N4O2. The van der Waals surface area contributed by atoms with Gasteiger partial charge in [0, 0.05) is 5.69 Å². The van der Waals surface area contributed by atoms with Gasteiger partial charge in [0.2, 0.25) is 0 Å². The van der Waals surface area contributed by atoms with E-state index in [1.807, 2.05) is 18.2 Å². The van der Waals surface area contributed by atoms with Crippen LogP contribution in [0, 0.1) is 0 Å². The van der Waals surface area contributed by atoms with Crippen molar-refractivity contribution < 1.29 is 9.53 Å². The maximum absolute atomic E-state index is 11.8. The SMILES string of the molecule is O=C(Nc1cccc(-n2cncn2)c1)Oc1ccccc1. The maximum atomic E-state index is 11.8. The van der Waals surface area contributed by atoms with Gasteiger partial charge in [0.05, 0.1) is 5.69 Å². The largest absolute Gasteiger partial charge is 0.417 e. The monoisotopic (exact) mass is 280 g/mol. The fraction of sp³-hybridized carbons (Fsp3) is 0. The Kier molecular flexibility index (Phi) is 3.60. The van der Waals surface area contributed by atoms with Crippen LogP contribution in [0.4, 0.5) is 10.5 Å². The van der Waals surface area contributed by atoms with Gasteiger partial charge in [-0.25, -0.2) is 14.5 Å². The first-order chi connectivity index (χ1) is 10.3. The number of ether oxygens (including phenoxy) is 1. The number of nitrogens with zero attached hydrogens (tertiary/aromatic N) is 3. The van der Waals surface area contributed by atoms with Crippen molar-refractivity contribution in [2.45, 2.75) is 0 Å². The van der Waals surface area contributed by atoms with Gasteiger partial charge in [0.1, 0.15) is 18.4 Å². The van der Waals surface area contributed by atoms with Gasteiger partial charge in [-0.15, -0.1) is 0 Å². The molecule has 0 spiro atoms. The normalized spacial score (nSPS) is 10.1. The third kappa shape index (κ3) is 3.24. The van der Waals surface area contributed by atoms with Crippen molar-refractivity contribution in [3.8, 4) is 11.4 Å². The van der Waals surface area contributed by atoms with E-state index in [9.17, 15) is 4.79 Å². The molecule has 21 heavy (non-hydrogen) atoms. The van der Waals surface area contributed by atoms with Gasteiger partial charge in [-0.1, -0.05) is 24.3 Å². The minimum absolute atomic E-state index is 0.488. The highest BCUT2D eigenvalue weighted by Gasteiger charge is 2.06. The number of para-hydroxylation sites is 1. The molecular weight excluding hydrogens is 268 g/mol. The van der Waals surface area contributed by atoms with Gasteiger partial charge in [-0.2, -0.15) is 5.10 Å². The molecule has 2 aromatic carbocycles. The Morgan fingerprint density at radius 3 is 2.71 bits per heavy atom. The zero-order valence-corrected chi connectivity index (χ0v) is 11.0. The molecule has 0 unspecified atom stereocenters. The lowest BCUT2D eigenvalue weighted by atomic mass is 10.3. The number of amides is 1. The summed E-state index contributed by atoms with van der Waals surface area (Å²) in [7, 11) is 0. The van der Waals surface area contributed by atoms with Crippen LogP contribution in [0.15, 0.2) is 67.3 Å². The second-order valence-corrected chi connectivity index (χ2v) is 4.22. The second kappa shape index (κ2) is 5.87. The molecule has 3 aromatic rings. The van der Waals surface area contributed by atoms with Gasteiger partial charge in [0.25, 0.3) is 0 Å². The first-order valence-corrected chi connectivity index (χ1v) is 6.30. The summed E-state index contributed by atoms with van der Waals surface area (Å²) in [5.41, 5.74) is 1.41. The van der Waals surface area contributed by atoms with E-state index < -0.39 is 6.09 Å². The van der Waals surface area contributed by atoms with Crippen LogP contribution in [0.1, 0.15) is 0 Å². The number of nitrogens with one attached hydrogen (secondary N) is 1. The van der Waals surface area contributed by atoms with Crippen LogP contribution in [-0.2, 0) is 0 Å². The molecule has 1 amide bonds. The van der Waals surface area contributed by atoms with Crippen molar-refractivity contribution in [1.29, 1.82) is 0 Å². The molecule has 0 atom stereocenters. The van der Waals surface area contributed by atoms with Gasteiger partial charge >= 0.3 is 6.09 Å². The first kappa shape index (κ1) is 12.9. The van der Waals surface area contributed by atoms with Crippen molar-refractivity contribution in [1.82, 2.24) is 14.8 Å². The van der Waals surface area contributed by atoms with Crippen LogP contribution in [0.5, 0.6) is 5.75 Å². The van der Waals surface area contributed by atoms with E-state index in [-0.39, 0.29) is 0 Å². The Hall–Kier alpha value is -3.15. The van der Waals surface area contributed by atoms with E-state index >= 15 is 0 Å². The van der Waals surface area contributed by atoms with Gasteiger partial charge in [0.15, 0.2) is 0 Å². The molecule has 6 heteroatoms. The number of aromatic nitrogens is 3. The van der Waals surface area contributed by atoms with Gasteiger partial charge in [-0.3, -0.25) is 5.32 Å². The van der Waals surface area contributed by atoms with Gasteiger partial charge in [-0.05, 0) is 30.3 Å². The third-order valence-corrected chi connectivity index (χ3v) is 2.73. The molecule has 1 heterocycles. The van der Waals surface area contributed by atoms with Crippen molar-refractivity contribution in [3.05, 3.63) is 67.3 Å². The summed E-state index contributed by atoms with van der Waals surface area (Å²) in [6.45, 7) is 0. The van der Waals surface area contributed by atoms with Crippen LogP contribution in [0.2, 0.25) is 0 Å². The summed E-state index contributed by atoms with van der Waals surface area (Å²) in [6, 6.07) is 16.1. The van der Waals surface area contributed by atoms with E-state index in [1.54, 1.807) is 47.4 Å². The molecule has 0 aliphatic carbocycles. The first-order valence-electron chi connectivity index (χ1n) is 6.30. The molecule has 0 aliphatic rings. The quantitative estimate of drug-likeness (QED) is 0.801. The van der Waals surface area contributed by atoms with E-state index in [4.69, 9.17) is 4.74 Å². The summed E-state index contributed by atoms with van der Waals surface area (Å²) in [4.78, 5) is 15.7. The minimum Gasteiger partial charge on any atom is -0.410 e. The average molecular weight is 280 g/mol. The molecule has 0 saturated heterocycles. The topological polar surface area (TPSA) is 69.0 Å². The number of hydrogen-bond acceptors (Lipinski definition) is 4. The summed E-state index contributed by atoms with van der Waals surface area (Å²) in [5.74, 6) is 0.488. The van der Waals surface area contributed by atoms with Crippen molar-refractivity contribution in [2.24, 2.45) is 0 Å². The second-order valence-electron chi connectivity index (χ2n) is 4.22. The molecule has 0 fully saturated rings. The number of anilines is 1. The number of carbonyl (C=O) groups is 1. The summed E-state index contributed by atoms with van der Waals surface area (Å²) >= 11 is 0. The number of carbonyl (C=O) groups excluding carboxylic acids is 1. The van der Waals surface area contributed by atoms with Crippen LogP contribution >= 0.6 is 0 Å². The predicted octanol–water partition coefficient (Wildman–Crippen LogP) is 2.88. The highest BCUT2D eigenvalue weighted by molar-refractivity contribution is 5.86. The molecule has 6 nitrogen and oxygen atoms in total. The lowest BCUT2D eigenvalue weighted by molar-refractivity contribution is 0.215. The Balaban J connectivity index is 1.70. The lowest BCUT2D eigenvalue weighted by Gasteiger charge is -2.08. The highest BCUT2D eigenvalue weighted by Crippen LogP contribution is 2.15. The minimum atomic E-state index is -0.544. The molecule has 1 N–H and O–H groups in total. The Morgan fingerprint density at radius 2 is 1.95 bits per heavy atom. The van der Waals surface area contributed by atoms with E-state index in [0.717, 1.165) is 5.69 Å². The Labute approximate surface area is 121 Å². The number of benzene rings is 2. The fourth-order valence-electron chi connectivity index (χ4n) is 1.81. The molecule has 0 radical (unpaired) electrons. The standard InChI is InChI=1S/C15H12N4O2/c20-15(21-14-7-2-1-3-8-14)18-12-5-4-6-13(9-12)19-11-16-10-17-19/h1-11H,(H,18,20). The number of rotatable bonds is 3. The van der Waals surface area contributed by atoms with Crippen molar-refractivity contribution >= 4 is 11.8 Å².